The molecule has 1 atom stereocenters. The number of hydroxylamine groups is 1. The minimum atomic E-state index is -3.46. The fourth-order valence-corrected chi connectivity index (χ4v) is 3.44. The van der Waals surface area contributed by atoms with Gasteiger partial charge < -0.3 is 14.3 Å². The van der Waals surface area contributed by atoms with Gasteiger partial charge in [0.2, 0.25) is 0 Å². The van der Waals surface area contributed by atoms with E-state index in [1.807, 2.05) is 6.92 Å². The molecule has 0 aliphatic carbocycles. The van der Waals surface area contributed by atoms with Gasteiger partial charge >= 0.3 is 0 Å². The first-order valence-corrected chi connectivity index (χ1v) is 12.0. The number of rotatable bonds is 10. The average Bonchev–Trinajstić information content (AvgIpc) is 3.22. The topological polar surface area (TPSA) is 113 Å². The Balaban J connectivity index is 1.89. The average molecular weight is 475 g/mol. The first-order chi connectivity index (χ1) is 15.7. The van der Waals surface area contributed by atoms with Crippen molar-refractivity contribution in [1.82, 2.24) is 14.8 Å². The van der Waals surface area contributed by atoms with Crippen molar-refractivity contribution in [2.75, 3.05) is 25.0 Å². The second-order valence-corrected chi connectivity index (χ2v) is 9.24. The van der Waals surface area contributed by atoms with Crippen molar-refractivity contribution in [1.29, 1.82) is 0 Å². The highest BCUT2D eigenvalue weighted by Crippen LogP contribution is 2.22. The van der Waals surface area contributed by atoms with Crippen molar-refractivity contribution in [3.05, 3.63) is 60.4 Å². The van der Waals surface area contributed by atoms with Crippen molar-refractivity contribution >= 4 is 21.6 Å². The van der Waals surface area contributed by atoms with Gasteiger partial charge in [0.15, 0.2) is 26.4 Å². The molecule has 0 bridgehead atoms. The van der Waals surface area contributed by atoms with Crippen molar-refractivity contribution < 1.29 is 27.5 Å². The van der Waals surface area contributed by atoms with Gasteiger partial charge in [0, 0.05) is 38.2 Å². The molecule has 1 amide bonds. The molecule has 11 heteroatoms. The maximum absolute atomic E-state index is 13.4. The Morgan fingerprint density at radius 3 is 2.55 bits per heavy atom. The Hall–Kier alpha value is -3.44. The number of hydrogen-bond donors (Lipinski definition) is 0. The van der Waals surface area contributed by atoms with Gasteiger partial charge in [-0.25, -0.2) is 13.4 Å². The molecule has 0 saturated heterocycles. The summed E-state index contributed by atoms with van der Waals surface area (Å²) in [5.74, 6) is 0.433. The number of ether oxygens (including phenoxy) is 2. The molecule has 176 valence electrons. The van der Waals surface area contributed by atoms with Crippen LogP contribution in [0.4, 0.5) is 5.82 Å². The number of aryl methyl sites for hydroxylation is 1. The molecule has 0 aliphatic heterocycles. The van der Waals surface area contributed by atoms with Crippen LogP contribution in [0.1, 0.15) is 23.7 Å². The molecule has 2 heterocycles. The normalized spacial score (nSPS) is 12.2. The number of amides is 1. The van der Waals surface area contributed by atoms with E-state index in [1.165, 1.54) is 23.0 Å². The summed E-state index contributed by atoms with van der Waals surface area (Å²) in [5, 5.41) is 5.17. The number of nitrogens with zero attached hydrogens (tertiary/aromatic N) is 4. The van der Waals surface area contributed by atoms with Crippen LogP contribution in [0.3, 0.4) is 0 Å². The largest absolute Gasteiger partial charge is 0.488 e. The Labute approximate surface area is 192 Å². The van der Waals surface area contributed by atoms with Crippen LogP contribution in [0.15, 0.2) is 59.9 Å². The van der Waals surface area contributed by atoms with Gasteiger partial charge in [-0.15, -0.1) is 5.06 Å². The minimum absolute atomic E-state index is 0.100. The summed E-state index contributed by atoms with van der Waals surface area (Å²) < 4.78 is 35.9. The molecule has 0 saturated carbocycles. The lowest BCUT2D eigenvalue weighted by atomic mass is 10.2. The highest BCUT2D eigenvalue weighted by Gasteiger charge is 2.24. The fraction of sp³-hybridized carbons (Fsp3) is 0.318. The monoisotopic (exact) mass is 474 g/mol. The summed E-state index contributed by atoms with van der Waals surface area (Å²) >= 11 is 0. The van der Waals surface area contributed by atoms with Crippen LogP contribution in [-0.2, 0) is 21.6 Å². The molecule has 33 heavy (non-hydrogen) atoms. The number of hydrogen-bond acceptors (Lipinski definition) is 8. The Morgan fingerprint density at radius 2 is 1.97 bits per heavy atom. The van der Waals surface area contributed by atoms with Crippen LogP contribution in [0, 0.1) is 0 Å². The molecule has 10 nitrogen and oxygen atoms in total. The van der Waals surface area contributed by atoms with Crippen molar-refractivity contribution in [3.63, 3.8) is 0 Å². The number of methoxy groups -OCH3 is 1. The minimum Gasteiger partial charge on any atom is -0.488 e. The predicted molar refractivity (Wildman–Crippen MR) is 121 cm³/mol. The quantitative estimate of drug-likeness (QED) is 0.412. The van der Waals surface area contributed by atoms with E-state index in [0.717, 1.165) is 17.7 Å². The van der Waals surface area contributed by atoms with Gasteiger partial charge in [0.1, 0.15) is 11.9 Å². The van der Waals surface area contributed by atoms with Crippen molar-refractivity contribution in [3.8, 4) is 11.5 Å². The van der Waals surface area contributed by atoms with E-state index >= 15 is 0 Å². The van der Waals surface area contributed by atoms with Gasteiger partial charge in [0.05, 0.1) is 12.8 Å². The van der Waals surface area contributed by atoms with E-state index in [9.17, 15) is 13.2 Å². The first kappa shape index (κ1) is 24.2. The van der Waals surface area contributed by atoms with E-state index in [4.69, 9.17) is 14.3 Å². The number of benzene rings is 1. The molecule has 0 N–H and O–H groups in total. The maximum atomic E-state index is 13.4. The molecule has 0 aliphatic rings. The van der Waals surface area contributed by atoms with E-state index < -0.39 is 15.7 Å². The highest BCUT2D eigenvalue weighted by atomic mass is 32.2. The van der Waals surface area contributed by atoms with E-state index in [0.29, 0.717) is 17.9 Å². The lowest BCUT2D eigenvalue weighted by molar-refractivity contribution is 0.0783. The van der Waals surface area contributed by atoms with E-state index in [2.05, 4.69) is 10.1 Å². The van der Waals surface area contributed by atoms with Gasteiger partial charge in [-0.3, -0.25) is 9.48 Å². The lowest BCUT2D eigenvalue weighted by Crippen LogP contribution is -2.35. The third-order valence-electron chi connectivity index (χ3n) is 4.57. The summed E-state index contributed by atoms with van der Waals surface area (Å²) in [6.07, 6.45) is 4.55. The molecule has 0 spiro atoms. The second-order valence-electron chi connectivity index (χ2n) is 7.27. The molecule has 3 rings (SSSR count). The van der Waals surface area contributed by atoms with E-state index in [-0.39, 0.29) is 22.7 Å². The standard InChI is InChI=1S/C22H26N4O6S/c1-5-17(15-30-3)31-18-8-6-7-16(13-18)22(27)26(20-11-12-25(2)24-20)32-19-9-10-21(23-14-19)33(4,28)29/h6-14,17H,5,15H2,1-4H3. The van der Waals surface area contributed by atoms with Crippen LogP contribution in [0.5, 0.6) is 11.5 Å². The number of anilines is 1. The number of carbonyl (C=O) groups is 1. The molecule has 2 aromatic heterocycles. The molecule has 1 aromatic carbocycles. The molecular weight excluding hydrogens is 448 g/mol. The second kappa shape index (κ2) is 10.5. The van der Waals surface area contributed by atoms with Crippen LogP contribution >= 0.6 is 0 Å². The zero-order chi connectivity index (χ0) is 24.0. The Morgan fingerprint density at radius 1 is 1.18 bits per heavy atom. The highest BCUT2D eigenvalue weighted by molar-refractivity contribution is 7.90. The summed E-state index contributed by atoms with van der Waals surface area (Å²) in [4.78, 5) is 23.0. The van der Waals surface area contributed by atoms with Gasteiger partial charge in [-0.1, -0.05) is 13.0 Å². The first-order valence-electron chi connectivity index (χ1n) is 10.1. The van der Waals surface area contributed by atoms with Crippen molar-refractivity contribution in [2.45, 2.75) is 24.5 Å². The zero-order valence-corrected chi connectivity index (χ0v) is 19.7. The molecule has 0 fully saturated rings. The van der Waals surface area contributed by atoms with Gasteiger partial charge in [0.25, 0.3) is 5.91 Å². The zero-order valence-electron chi connectivity index (χ0n) is 18.8. The lowest BCUT2D eigenvalue weighted by Gasteiger charge is -2.21. The summed E-state index contributed by atoms with van der Waals surface area (Å²) in [6.45, 7) is 2.41. The number of pyridine rings is 1. The van der Waals surface area contributed by atoms with Gasteiger partial charge in [-0.2, -0.15) is 5.10 Å². The molecule has 0 radical (unpaired) electrons. The molecular formula is C22H26N4O6S. The molecule has 3 aromatic rings. The molecule has 1 unspecified atom stereocenters. The summed E-state index contributed by atoms with van der Waals surface area (Å²) in [7, 11) is -0.149. The Kier molecular flexibility index (Phi) is 7.67. The smallest absolute Gasteiger partial charge is 0.292 e. The third-order valence-corrected chi connectivity index (χ3v) is 5.57. The fourth-order valence-electron chi connectivity index (χ4n) is 2.88. The number of carbonyl (C=O) groups excluding carboxylic acids is 1. The Bertz CT molecular complexity index is 1190. The van der Waals surface area contributed by atoms with Crippen LogP contribution in [0.2, 0.25) is 0 Å². The summed E-state index contributed by atoms with van der Waals surface area (Å²) in [6, 6.07) is 11.1. The van der Waals surface area contributed by atoms with Gasteiger partial charge in [-0.05, 0) is 36.8 Å². The van der Waals surface area contributed by atoms with E-state index in [1.54, 1.807) is 50.7 Å². The maximum Gasteiger partial charge on any atom is 0.292 e. The van der Waals surface area contributed by atoms with Crippen LogP contribution in [-0.4, -0.2) is 55.2 Å². The predicted octanol–water partition coefficient (Wildman–Crippen LogP) is 2.66. The van der Waals surface area contributed by atoms with Crippen LogP contribution in [0.25, 0.3) is 0 Å². The summed E-state index contributed by atoms with van der Waals surface area (Å²) in [5.41, 5.74) is 0.311. The number of aromatic nitrogens is 3. The third kappa shape index (κ3) is 6.30. The number of sulfone groups is 1. The van der Waals surface area contributed by atoms with Crippen LogP contribution < -0.4 is 14.6 Å². The van der Waals surface area contributed by atoms with Crippen molar-refractivity contribution in [2.24, 2.45) is 7.05 Å². The SMILES string of the molecule is CCC(COC)Oc1cccc(C(=O)N(Oc2ccc(S(C)(=O)=O)nc2)c2ccn(C)n2)c1.